The molecule has 17 heavy (non-hydrogen) atoms. The topological polar surface area (TPSA) is 32.3 Å². The number of likely N-dealkylation sites (tertiary alicyclic amines) is 1. The second-order valence-electron chi connectivity index (χ2n) is 5.38. The maximum atomic E-state index is 12.4. The summed E-state index contributed by atoms with van der Waals surface area (Å²) in [5, 5.41) is 3.30. The molecular formula is C14H20N2O. The standard InChI is InChI=1S/C14H20N2O/c1-10-4-5-13-11(9-10)6-8-16(13)14(17)12-3-2-7-15-12/h5,9-10,12,15H,2-4,6-8H2,1H3. The zero-order chi connectivity index (χ0) is 11.8. The molecule has 2 heterocycles. The third-order valence-corrected chi connectivity index (χ3v) is 4.02. The second-order valence-corrected chi connectivity index (χ2v) is 5.38. The van der Waals surface area contributed by atoms with Crippen LogP contribution in [-0.4, -0.2) is 29.9 Å². The first-order valence-electron chi connectivity index (χ1n) is 6.71. The summed E-state index contributed by atoms with van der Waals surface area (Å²) in [6.45, 7) is 4.10. The average Bonchev–Trinajstić information content (AvgIpc) is 2.96. The SMILES string of the molecule is CC1C=C2CCN(C(=O)C3CCCN3)C2=CC1. The number of rotatable bonds is 1. The molecule has 1 amide bonds. The number of amides is 1. The number of allylic oxidation sites excluding steroid dienone is 3. The van der Waals surface area contributed by atoms with E-state index in [0.717, 1.165) is 38.8 Å². The molecule has 0 aromatic carbocycles. The van der Waals surface area contributed by atoms with Gasteiger partial charge in [0.15, 0.2) is 0 Å². The lowest BCUT2D eigenvalue weighted by atomic mass is 9.95. The van der Waals surface area contributed by atoms with E-state index in [1.54, 1.807) is 0 Å². The Morgan fingerprint density at radius 1 is 1.53 bits per heavy atom. The van der Waals surface area contributed by atoms with Crippen LogP contribution in [0.2, 0.25) is 0 Å². The molecule has 2 atom stereocenters. The Bertz CT molecular complexity index is 391. The molecule has 1 aliphatic carbocycles. The summed E-state index contributed by atoms with van der Waals surface area (Å²) in [7, 11) is 0. The van der Waals surface area contributed by atoms with E-state index in [0.29, 0.717) is 5.92 Å². The summed E-state index contributed by atoms with van der Waals surface area (Å²) >= 11 is 0. The molecule has 0 saturated carbocycles. The summed E-state index contributed by atoms with van der Waals surface area (Å²) in [6, 6.07) is 0.0644. The second kappa shape index (κ2) is 4.30. The maximum absolute atomic E-state index is 12.4. The summed E-state index contributed by atoms with van der Waals surface area (Å²) in [6.07, 6.45) is 8.82. The van der Waals surface area contributed by atoms with Crippen molar-refractivity contribution in [2.75, 3.05) is 13.1 Å². The van der Waals surface area contributed by atoms with Crippen LogP contribution in [-0.2, 0) is 4.79 Å². The molecule has 3 rings (SSSR count). The van der Waals surface area contributed by atoms with Crippen LogP contribution >= 0.6 is 0 Å². The van der Waals surface area contributed by atoms with Crippen molar-refractivity contribution in [1.29, 1.82) is 0 Å². The van der Waals surface area contributed by atoms with Gasteiger partial charge in [0.25, 0.3) is 0 Å². The van der Waals surface area contributed by atoms with Crippen molar-refractivity contribution in [1.82, 2.24) is 10.2 Å². The monoisotopic (exact) mass is 232 g/mol. The largest absolute Gasteiger partial charge is 0.311 e. The molecule has 0 aromatic rings. The summed E-state index contributed by atoms with van der Waals surface area (Å²) < 4.78 is 0. The lowest BCUT2D eigenvalue weighted by Crippen LogP contribution is -2.41. The molecule has 3 nitrogen and oxygen atoms in total. The first-order chi connectivity index (χ1) is 8.25. The van der Waals surface area contributed by atoms with Crippen molar-refractivity contribution in [2.45, 2.75) is 38.6 Å². The van der Waals surface area contributed by atoms with E-state index in [1.165, 1.54) is 11.3 Å². The van der Waals surface area contributed by atoms with Crippen molar-refractivity contribution in [2.24, 2.45) is 5.92 Å². The highest BCUT2D eigenvalue weighted by atomic mass is 16.2. The number of nitrogens with one attached hydrogen (secondary N) is 1. The third-order valence-electron chi connectivity index (χ3n) is 4.02. The number of nitrogens with zero attached hydrogens (tertiary/aromatic N) is 1. The van der Waals surface area contributed by atoms with Gasteiger partial charge < -0.3 is 10.2 Å². The van der Waals surface area contributed by atoms with Gasteiger partial charge in [-0.1, -0.05) is 19.1 Å². The molecule has 0 radical (unpaired) electrons. The fourth-order valence-corrected chi connectivity index (χ4v) is 3.09. The van der Waals surface area contributed by atoms with Gasteiger partial charge >= 0.3 is 0 Å². The fourth-order valence-electron chi connectivity index (χ4n) is 3.09. The van der Waals surface area contributed by atoms with E-state index in [9.17, 15) is 4.79 Å². The molecule has 0 spiro atoms. The summed E-state index contributed by atoms with van der Waals surface area (Å²) in [5.41, 5.74) is 2.58. The first kappa shape index (κ1) is 11.0. The van der Waals surface area contributed by atoms with Gasteiger partial charge in [-0.25, -0.2) is 0 Å². The normalized spacial score (nSPS) is 32.2. The van der Waals surface area contributed by atoms with Gasteiger partial charge in [-0.3, -0.25) is 4.79 Å². The molecule has 2 fully saturated rings. The first-order valence-corrected chi connectivity index (χ1v) is 6.71. The Labute approximate surface area is 103 Å². The number of hydrogen-bond acceptors (Lipinski definition) is 2. The van der Waals surface area contributed by atoms with Gasteiger partial charge in [-0.05, 0) is 43.7 Å². The summed E-state index contributed by atoms with van der Waals surface area (Å²) in [4.78, 5) is 14.4. The number of fused-ring (bicyclic) bond motifs is 1. The Morgan fingerprint density at radius 3 is 3.18 bits per heavy atom. The zero-order valence-electron chi connectivity index (χ0n) is 10.4. The van der Waals surface area contributed by atoms with Crippen LogP contribution in [0.3, 0.4) is 0 Å². The van der Waals surface area contributed by atoms with Crippen LogP contribution < -0.4 is 5.32 Å². The molecule has 92 valence electrons. The van der Waals surface area contributed by atoms with Crippen LogP contribution in [0.1, 0.15) is 32.6 Å². The van der Waals surface area contributed by atoms with Crippen molar-refractivity contribution < 1.29 is 4.79 Å². The Kier molecular flexibility index (Phi) is 2.79. The van der Waals surface area contributed by atoms with Gasteiger partial charge in [0.05, 0.1) is 6.04 Å². The van der Waals surface area contributed by atoms with Gasteiger partial charge in [0, 0.05) is 12.2 Å². The van der Waals surface area contributed by atoms with Crippen LogP contribution in [0.4, 0.5) is 0 Å². The Morgan fingerprint density at radius 2 is 2.41 bits per heavy atom. The van der Waals surface area contributed by atoms with Crippen LogP contribution in [0.5, 0.6) is 0 Å². The summed E-state index contributed by atoms with van der Waals surface area (Å²) in [5.74, 6) is 0.917. The lowest BCUT2D eigenvalue weighted by molar-refractivity contribution is -0.130. The zero-order valence-corrected chi connectivity index (χ0v) is 10.4. The molecule has 0 bridgehead atoms. The van der Waals surface area contributed by atoms with E-state index in [4.69, 9.17) is 0 Å². The smallest absolute Gasteiger partial charge is 0.244 e. The Hall–Kier alpha value is -1.09. The molecule has 2 aliphatic heterocycles. The quantitative estimate of drug-likeness (QED) is 0.748. The molecule has 3 aliphatic rings. The van der Waals surface area contributed by atoms with Gasteiger partial charge in [0.2, 0.25) is 5.91 Å². The molecule has 3 heteroatoms. The molecule has 2 saturated heterocycles. The van der Waals surface area contributed by atoms with Crippen LogP contribution in [0.25, 0.3) is 0 Å². The van der Waals surface area contributed by atoms with Crippen molar-refractivity contribution in [3.8, 4) is 0 Å². The molecule has 2 unspecified atom stereocenters. The number of carbonyl (C=O) groups is 1. The number of carbonyl (C=O) groups excluding carboxylic acids is 1. The highest BCUT2D eigenvalue weighted by Gasteiger charge is 2.34. The van der Waals surface area contributed by atoms with Crippen molar-refractivity contribution in [3.05, 3.63) is 23.4 Å². The van der Waals surface area contributed by atoms with Crippen LogP contribution in [0, 0.1) is 5.92 Å². The van der Waals surface area contributed by atoms with E-state index < -0.39 is 0 Å². The predicted octanol–water partition coefficient (Wildman–Crippen LogP) is 1.82. The van der Waals surface area contributed by atoms with Gasteiger partial charge in [-0.15, -0.1) is 0 Å². The third kappa shape index (κ3) is 1.93. The highest BCUT2D eigenvalue weighted by Crippen LogP contribution is 2.34. The van der Waals surface area contributed by atoms with E-state index >= 15 is 0 Å². The van der Waals surface area contributed by atoms with E-state index in [1.807, 2.05) is 4.90 Å². The van der Waals surface area contributed by atoms with E-state index in [2.05, 4.69) is 24.4 Å². The van der Waals surface area contributed by atoms with Crippen molar-refractivity contribution in [3.63, 3.8) is 0 Å². The average molecular weight is 232 g/mol. The minimum absolute atomic E-state index is 0.0644. The fraction of sp³-hybridized carbons (Fsp3) is 0.643. The molecule has 0 aromatic heterocycles. The maximum Gasteiger partial charge on any atom is 0.244 e. The molecular weight excluding hydrogens is 212 g/mol. The lowest BCUT2D eigenvalue weighted by Gasteiger charge is -2.24. The minimum atomic E-state index is 0.0644. The Balaban J connectivity index is 1.77. The van der Waals surface area contributed by atoms with Gasteiger partial charge in [-0.2, -0.15) is 0 Å². The highest BCUT2D eigenvalue weighted by molar-refractivity contribution is 5.85. The van der Waals surface area contributed by atoms with Crippen LogP contribution in [0.15, 0.2) is 23.4 Å². The van der Waals surface area contributed by atoms with Gasteiger partial charge in [0.1, 0.15) is 0 Å². The predicted molar refractivity (Wildman–Crippen MR) is 67.3 cm³/mol. The molecule has 1 N–H and O–H groups in total. The van der Waals surface area contributed by atoms with Crippen molar-refractivity contribution >= 4 is 5.91 Å². The minimum Gasteiger partial charge on any atom is -0.311 e. The van der Waals surface area contributed by atoms with E-state index in [-0.39, 0.29) is 11.9 Å². The number of hydrogen-bond donors (Lipinski definition) is 1.